The Balaban J connectivity index is 1.47. The molecule has 0 N–H and O–H groups in total. The first kappa shape index (κ1) is 18.8. The Kier molecular flexibility index (Phi) is 5.81. The van der Waals surface area contributed by atoms with E-state index in [-0.39, 0.29) is 5.91 Å². The van der Waals surface area contributed by atoms with E-state index in [4.69, 9.17) is 4.74 Å². The van der Waals surface area contributed by atoms with Crippen molar-refractivity contribution in [2.24, 2.45) is 4.99 Å². The molecule has 0 spiro atoms. The van der Waals surface area contributed by atoms with Crippen molar-refractivity contribution >= 4 is 28.9 Å². The number of amidine groups is 1. The summed E-state index contributed by atoms with van der Waals surface area (Å²) in [5, 5.41) is 0.842. The van der Waals surface area contributed by atoms with Gasteiger partial charge in [-0.3, -0.25) is 4.79 Å². The Morgan fingerprint density at radius 2 is 1.82 bits per heavy atom. The van der Waals surface area contributed by atoms with E-state index >= 15 is 0 Å². The Labute approximate surface area is 170 Å². The van der Waals surface area contributed by atoms with Crippen LogP contribution in [0.25, 0.3) is 6.08 Å². The molecule has 2 aromatic carbocycles. The first-order valence-corrected chi connectivity index (χ1v) is 10.6. The Bertz CT molecular complexity index is 912. The molecule has 0 unspecified atom stereocenters. The van der Waals surface area contributed by atoms with E-state index in [9.17, 15) is 4.79 Å². The maximum absolute atomic E-state index is 12.4. The molecule has 1 saturated heterocycles. The van der Waals surface area contributed by atoms with Gasteiger partial charge in [-0.15, -0.1) is 0 Å². The molecule has 2 aliphatic heterocycles. The zero-order valence-electron chi connectivity index (χ0n) is 16.1. The van der Waals surface area contributed by atoms with Gasteiger partial charge in [0.2, 0.25) is 0 Å². The van der Waals surface area contributed by atoms with Gasteiger partial charge in [-0.1, -0.05) is 48.0 Å². The second-order valence-corrected chi connectivity index (χ2v) is 8.18. The van der Waals surface area contributed by atoms with Crippen LogP contribution in [0, 0.1) is 6.92 Å². The third-order valence-corrected chi connectivity index (χ3v) is 6.00. The Morgan fingerprint density at radius 1 is 1.07 bits per heavy atom. The number of carbonyl (C=O) groups is 1. The minimum absolute atomic E-state index is 0.154. The van der Waals surface area contributed by atoms with Crippen LogP contribution in [0.15, 0.2) is 58.4 Å². The molecule has 2 heterocycles. The number of aryl methyl sites for hydroxylation is 1. The molecule has 4 nitrogen and oxygen atoms in total. The topological polar surface area (TPSA) is 41.9 Å². The van der Waals surface area contributed by atoms with Gasteiger partial charge in [0, 0.05) is 18.7 Å². The first-order valence-electron chi connectivity index (χ1n) is 9.74. The number of hydrogen-bond acceptors (Lipinski definition) is 4. The van der Waals surface area contributed by atoms with Crippen LogP contribution in [-0.2, 0) is 11.4 Å². The molecule has 4 rings (SSSR count). The highest BCUT2D eigenvalue weighted by molar-refractivity contribution is 8.18. The van der Waals surface area contributed by atoms with Crippen molar-refractivity contribution in [3.63, 3.8) is 0 Å². The summed E-state index contributed by atoms with van der Waals surface area (Å²) in [6.07, 6.45) is 5.50. The number of ether oxygens (including phenoxy) is 1. The van der Waals surface area contributed by atoms with Gasteiger partial charge in [0.25, 0.3) is 5.91 Å². The number of carbonyl (C=O) groups excluding carboxylic acids is 1. The summed E-state index contributed by atoms with van der Waals surface area (Å²) in [5.74, 6) is 0.620. The average Bonchev–Trinajstić information content (AvgIpc) is 3.10. The smallest absolute Gasteiger partial charge is 0.286 e. The van der Waals surface area contributed by atoms with Crippen molar-refractivity contribution < 1.29 is 9.53 Å². The molecule has 0 aromatic heterocycles. The molecular formula is C23H24N2O2S. The highest BCUT2D eigenvalue weighted by atomic mass is 32.2. The van der Waals surface area contributed by atoms with Gasteiger partial charge in [0.15, 0.2) is 5.17 Å². The molecule has 0 aliphatic carbocycles. The summed E-state index contributed by atoms with van der Waals surface area (Å²) in [6.45, 7) is 4.55. The predicted molar refractivity (Wildman–Crippen MR) is 115 cm³/mol. The van der Waals surface area contributed by atoms with Crippen molar-refractivity contribution in [1.29, 1.82) is 0 Å². The number of nitrogens with zero attached hydrogens (tertiary/aromatic N) is 2. The van der Waals surface area contributed by atoms with Gasteiger partial charge in [-0.05, 0) is 55.7 Å². The number of hydrogen-bond donors (Lipinski definition) is 0. The van der Waals surface area contributed by atoms with Crippen molar-refractivity contribution in [1.82, 2.24) is 4.90 Å². The van der Waals surface area contributed by atoms with Crippen LogP contribution < -0.4 is 4.74 Å². The second-order valence-electron chi connectivity index (χ2n) is 7.17. The SMILES string of the molecule is Cc1ccc(COc2ccccc2/C=C2\SC(N3CCCCC3)=NC2=O)cc1. The molecule has 0 radical (unpaired) electrons. The van der Waals surface area contributed by atoms with Crippen LogP contribution in [0.1, 0.15) is 36.0 Å². The molecule has 1 amide bonds. The van der Waals surface area contributed by atoms with E-state index < -0.39 is 0 Å². The lowest BCUT2D eigenvalue weighted by Crippen LogP contribution is -2.33. The maximum Gasteiger partial charge on any atom is 0.286 e. The third-order valence-electron chi connectivity index (χ3n) is 4.96. The third kappa shape index (κ3) is 4.47. The number of amides is 1. The van der Waals surface area contributed by atoms with Crippen molar-refractivity contribution in [2.45, 2.75) is 32.8 Å². The number of rotatable bonds is 4. The standard InChI is InChI=1S/C23H24N2O2S/c1-17-9-11-18(12-10-17)16-27-20-8-4-3-7-19(20)15-21-22(26)24-23(28-21)25-13-5-2-6-14-25/h3-4,7-12,15H,2,5-6,13-14,16H2,1H3/b21-15-. The zero-order chi connectivity index (χ0) is 19.3. The van der Waals surface area contributed by atoms with Crippen molar-refractivity contribution in [2.75, 3.05) is 13.1 Å². The van der Waals surface area contributed by atoms with E-state index in [2.05, 4.69) is 41.1 Å². The molecule has 5 heteroatoms. The molecular weight excluding hydrogens is 368 g/mol. The lowest BCUT2D eigenvalue weighted by molar-refractivity contribution is -0.113. The van der Waals surface area contributed by atoms with Gasteiger partial charge < -0.3 is 9.64 Å². The van der Waals surface area contributed by atoms with E-state index in [1.807, 2.05) is 30.3 Å². The van der Waals surface area contributed by atoms with Crippen LogP contribution >= 0.6 is 11.8 Å². The van der Waals surface area contributed by atoms with E-state index in [1.165, 1.54) is 36.6 Å². The highest BCUT2D eigenvalue weighted by Crippen LogP contribution is 2.33. The summed E-state index contributed by atoms with van der Waals surface area (Å²) < 4.78 is 6.04. The Hall–Kier alpha value is -2.53. The number of likely N-dealkylation sites (tertiary alicyclic amines) is 1. The van der Waals surface area contributed by atoms with Crippen LogP contribution in [0.5, 0.6) is 5.75 Å². The van der Waals surface area contributed by atoms with Crippen molar-refractivity contribution in [3.05, 3.63) is 70.1 Å². The fraction of sp³-hybridized carbons (Fsp3) is 0.304. The van der Waals surface area contributed by atoms with Crippen LogP contribution in [0.4, 0.5) is 0 Å². The van der Waals surface area contributed by atoms with Crippen LogP contribution in [-0.4, -0.2) is 29.1 Å². The quantitative estimate of drug-likeness (QED) is 0.685. The van der Waals surface area contributed by atoms with Crippen LogP contribution in [0.3, 0.4) is 0 Å². The van der Waals surface area contributed by atoms with Gasteiger partial charge in [-0.25, -0.2) is 0 Å². The fourth-order valence-electron chi connectivity index (χ4n) is 3.34. The largest absolute Gasteiger partial charge is 0.488 e. The number of thioether (sulfide) groups is 1. The Morgan fingerprint density at radius 3 is 2.61 bits per heavy atom. The fourth-order valence-corrected chi connectivity index (χ4v) is 4.29. The van der Waals surface area contributed by atoms with Gasteiger partial charge in [0.1, 0.15) is 12.4 Å². The van der Waals surface area contributed by atoms with E-state index in [1.54, 1.807) is 0 Å². The van der Waals surface area contributed by atoms with Gasteiger partial charge in [0.05, 0.1) is 4.91 Å². The lowest BCUT2D eigenvalue weighted by Gasteiger charge is -2.27. The molecule has 28 heavy (non-hydrogen) atoms. The predicted octanol–water partition coefficient (Wildman–Crippen LogP) is 5.03. The minimum atomic E-state index is -0.154. The van der Waals surface area contributed by atoms with Crippen LogP contribution in [0.2, 0.25) is 0 Å². The van der Waals surface area contributed by atoms with Gasteiger partial charge >= 0.3 is 0 Å². The molecule has 0 bridgehead atoms. The summed E-state index contributed by atoms with van der Waals surface area (Å²) >= 11 is 1.48. The minimum Gasteiger partial charge on any atom is -0.488 e. The monoisotopic (exact) mass is 392 g/mol. The van der Waals surface area contributed by atoms with Gasteiger partial charge in [-0.2, -0.15) is 4.99 Å². The summed E-state index contributed by atoms with van der Waals surface area (Å²) in [7, 11) is 0. The first-order chi connectivity index (χ1) is 13.7. The molecule has 2 aromatic rings. The summed E-state index contributed by atoms with van der Waals surface area (Å²) in [4.78, 5) is 19.6. The molecule has 144 valence electrons. The molecule has 1 fully saturated rings. The summed E-state index contributed by atoms with van der Waals surface area (Å²) in [6, 6.07) is 16.1. The van der Waals surface area contributed by atoms with Crippen molar-refractivity contribution in [3.8, 4) is 5.75 Å². The zero-order valence-corrected chi connectivity index (χ0v) is 16.9. The number of aliphatic imine (C=N–C) groups is 1. The second kappa shape index (κ2) is 8.65. The van der Waals surface area contributed by atoms with E-state index in [0.717, 1.165) is 35.1 Å². The molecule has 2 aliphatic rings. The number of piperidine rings is 1. The number of benzene rings is 2. The lowest BCUT2D eigenvalue weighted by atomic mass is 10.1. The average molecular weight is 393 g/mol. The summed E-state index contributed by atoms with van der Waals surface area (Å²) in [5.41, 5.74) is 3.26. The maximum atomic E-state index is 12.4. The normalized spacial score (nSPS) is 18.5. The van der Waals surface area contributed by atoms with E-state index in [0.29, 0.717) is 11.5 Å². The molecule has 0 saturated carbocycles. The molecule has 0 atom stereocenters. The number of para-hydroxylation sites is 1. The highest BCUT2D eigenvalue weighted by Gasteiger charge is 2.27.